The largest absolute Gasteiger partial charge is 0.508 e. The van der Waals surface area contributed by atoms with Crippen molar-refractivity contribution < 1.29 is 15.0 Å². The van der Waals surface area contributed by atoms with Gasteiger partial charge in [-0.3, -0.25) is 4.79 Å². The Labute approximate surface area is 98.9 Å². The van der Waals surface area contributed by atoms with Gasteiger partial charge in [0.25, 0.3) is 5.91 Å². The van der Waals surface area contributed by atoms with Crippen LogP contribution in [0.25, 0.3) is 0 Å². The fraction of sp³-hybridized carbons (Fsp3) is 0.364. The minimum absolute atomic E-state index is 0.0521. The number of halogens is 1. The molecular formula is C11H14ClNO3. The second-order valence-corrected chi connectivity index (χ2v) is 3.73. The van der Waals surface area contributed by atoms with Gasteiger partial charge in [0.05, 0.1) is 5.56 Å². The highest BCUT2D eigenvalue weighted by Gasteiger charge is 2.10. The Bertz CT molecular complexity index is 368. The molecule has 1 aromatic carbocycles. The normalized spacial score (nSPS) is 10.1. The van der Waals surface area contributed by atoms with Gasteiger partial charge >= 0.3 is 0 Å². The number of phenols is 2. The Morgan fingerprint density at radius 3 is 2.75 bits per heavy atom. The van der Waals surface area contributed by atoms with Crippen LogP contribution in [-0.2, 0) is 0 Å². The van der Waals surface area contributed by atoms with Crippen molar-refractivity contribution in [2.24, 2.45) is 0 Å². The second-order valence-electron chi connectivity index (χ2n) is 3.35. The number of aromatic hydroxyl groups is 2. The van der Waals surface area contributed by atoms with Crippen LogP contribution in [-0.4, -0.2) is 28.5 Å². The number of phenolic OH excluding ortho intramolecular Hbond substituents is 2. The van der Waals surface area contributed by atoms with Gasteiger partial charge in [-0.15, -0.1) is 11.6 Å². The summed E-state index contributed by atoms with van der Waals surface area (Å²) in [6.45, 7) is 0.501. The molecule has 0 saturated heterocycles. The van der Waals surface area contributed by atoms with Gasteiger partial charge in [0.15, 0.2) is 0 Å². The van der Waals surface area contributed by atoms with E-state index in [0.717, 1.165) is 12.8 Å². The van der Waals surface area contributed by atoms with Crippen molar-refractivity contribution >= 4 is 17.5 Å². The Hall–Kier alpha value is -1.42. The summed E-state index contributed by atoms with van der Waals surface area (Å²) in [5, 5.41) is 21.2. The Balaban J connectivity index is 2.55. The first kappa shape index (κ1) is 12.6. The molecule has 0 atom stereocenters. The summed E-state index contributed by atoms with van der Waals surface area (Å²) in [5.41, 5.74) is 0.0749. The molecule has 0 spiro atoms. The maximum atomic E-state index is 11.6. The Kier molecular flexibility index (Phi) is 4.92. The summed E-state index contributed by atoms with van der Waals surface area (Å²) in [5.74, 6) is -0.0351. The van der Waals surface area contributed by atoms with E-state index in [-0.39, 0.29) is 17.1 Å². The maximum absolute atomic E-state index is 11.6. The highest BCUT2D eigenvalue weighted by atomic mass is 35.5. The number of nitrogens with one attached hydrogen (secondary N) is 1. The molecule has 0 fully saturated rings. The van der Waals surface area contributed by atoms with E-state index in [4.69, 9.17) is 11.6 Å². The van der Waals surface area contributed by atoms with E-state index in [1.165, 1.54) is 18.2 Å². The number of rotatable bonds is 5. The predicted molar refractivity (Wildman–Crippen MR) is 62.1 cm³/mol. The molecule has 4 nitrogen and oxygen atoms in total. The van der Waals surface area contributed by atoms with Gasteiger partial charge in [-0.2, -0.15) is 0 Å². The predicted octanol–water partition coefficient (Wildman–Crippen LogP) is 1.85. The Morgan fingerprint density at radius 2 is 2.06 bits per heavy atom. The van der Waals surface area contributed by atoms with Crippen molar-refractivity contribution in [3.8, 4) is 11.5 Å². The van der Waals surface area contributed by atoms with Crippen LogP contribution in [0.2, 0.25) is 0 Å². The zero-order chi connectivity index (χ0) is 12.0. The molecule has 1 amide bonds. The monoisotopic (exact) mass is 243 g/mol. The van der Waals surface area contributed by atoms with Crippen molar-refractivity contribution in [1.82, 2.24) is 5.32 Å². The minimum atomic E-state index is -0.400. The number of hydrogen-bond donors (Lipinski definition) is 3. The van der Waals surface area contributed by atoms with E-state index in [9.17, 15) is 15.0 Å². The topological polar surface area (TPSA) is 69.6 Å². The average molecular weight is 244 g/mol. The lowest BCUT2D eigenvalue weighted by Crippen LogP contribution is -2.24. The highest BCUT2D eigenvalue weighted by molar-refractivity contribution is 6.17. The lowest BCUT2D eigenvalue weighted by Gasteiger charge is -2.06. The fourth-order valence-electron chi connectivity index (χ4n) is 1.22. The summed E-state index contributed by atoms with van der Waals surface area (Å²) in [7, 11) is 0. The van der Waals surface area contributed by atoms with E-state index in [0.29, 0.717) is 12.4 Å². The van der Waals surface area contributed by atoms with E-state index in [1.54, 1.807) is 0 Å². The molecule has 0 radical (unpaired) electrons. The zero-order valence-electron chi connectivity index (χ0n) is 8.74. The van der Waals surface area contributed by atoms with Gasteiger partial charge < -0.3 is 15.5 Å². The maximum Gasteiger partial charge on any atom is 0.255 e. The molecule has 3 N–H and O–H groups in total. The molecule has 0 aliphatic heterocycles. The molecule has 16 heavy (non-hydrogen) atoms. The van der Waals surface area contributed by atoms with Gasteiger partial charge in [0, 0.05) is 12.4 Å². The lowest BCUT2D eigenvalue weighted by atomic mass is 10.1. The summed E-state index contributed by atoms with van der Waals surface area (Å²) < 4.78 is 0. The first-order valence-electron chi connectivity index (χ1n) is 5.01. The molecule has 0 saturated carbocycles. The van der Waals surface area contributed by atoms with Crippen LogP contribution in [0.3, 0.4) is 0 Å². The number of carbonyl (C=O) groups excluding carboxylic acids is 1. The molecule has 0 unspecified atom stereocenters. The lowest BCUT2D eigenvalue weighted by molar-refractivity contribution is 0.0950. The third-order valence-corrected chi connectivity index (χ3v) is 2.34. The van der Waals surface area contributed by atoms with Gasteiger partial charge in [-0.25, -0.2) is 0 Å². The third-order valence-electron chi connectivity index (χ3n) is 2.07. The SMILES string of the molecule is O=C(NCCCCCl)c1cc(O)ccc1O. The van der Waals surface area contributed by atoms with E-state index >= 15 is 0 Å². The van der Waals surface area contributed by atoms with Crippen LogP contribution in [0.5, 0.6) is 11.5 Å². The first-order chi connectivity index (χ1) is 7.65. The highest BCUT2D eigenvalue weighted by Crippen LogP contribution is 2.21. The number of benzene rings is 1. The van der Waals surface area contributed by atoms with Gasteiger partial charge in [0.2, 0.25) is 0 Å². The van der Waals surface area contributed by atoms with Crippen LogP contribution in [0.1, 0.15) is 23.2 Å². The minimum Gasteiger partial charge on any atom is -0.508 e. The van der Waals surface area contributed by atoms with Crippen LogP contribution in [0, 0.1) is 0 Å². The van der Waals surface area contributed by atoms with Gasteiger partial charge in [0.1, 0.15) is 11.5 Å². The van der Waals surface area contributed by atoms with Crippen LogP contribution < -0.4 is 5.32 Å². The zero-order valence-corrected chi connectivity index (χ0v) is 9.50. The fourth-order valence-corrected chi connectivity index (χ4v) is 1.41. The van der Waals surface area contributed by atoms with E-state index < -0.39 is 5.91 Å². The van der Waals surface area contributed by atoms with E-state index in [1.807, 2.05) is 0 Å². The smallest absolute Gasteiger partial charge is 0.255 e. The molecule has 0 aliphatic rings. The summed E-state index contributed by atoms with van der Waals surface area (Å²) >= 11 is 5.49. The molecule has 1 rings (SSSR count). The summed E-state index contributed by atoms with van der Waals surface area (Å²) in [4.78, 5) is 11.6. The number of amides is 1. The molecular weight excluding hydrogens is 230 g/mol. The third kappa shape index (κ3) is 3.62. The van der Waals surface area contributed by atoms with E-state index in [2.05, 4.69) is 5.32 Å². The molecule has 1 aromatic rings. The molecule has 88 valence electrons. The Morgan fingerprint density at radius 1 is 1.31 bits per heavy atom. The van der Waals surface area contributed by atoms with Crippen molar-refractivity contribution in [1.29, 1.82) is 0 Å². The van der Waals surface area contributed by atoms with Crippen molar-refractivity contribution in [2.45, 2.75) is 12.8 Å². The van der Waals surface area contributed by atoms with Crippen LogP contribution in [0.4, 0.5) is 0 Å². The first-order valence-corrected chi connectivity index (χ1v) is 5.54. The van der Waals surface area contributed by atoms with Crippen molar-refractivity contribution in [3.63, 3.8) is 0 Å². The molecule has 5 heteroatoms. The standard InChI is InChI=1S/C11H14ClNO3/c12-5-1-2-6-13-11(16)9-7-8(14)3-4-10(9)15/h3-4,7,14-15H,1-2,5-6H2,(H,13,16). The molecule has 0 bridgehead atoms. The average Bonchev–Trinajstić information content (AvgIpc) is 2.27. The number of hydrogen-bond acceptors (Lipinski definition) is 3. The van der Waals surface area contributed by atoms with Crippen LogP contribution in [0.15, 0.2) is 18.2 Å². The summed E-state index contributed by atoms with van der Waals surface area (Å²) in [6.07, 6.45) is 1.61. The van der Waals surface area contributed by atoms with Crippen molar-refractivity contribution in [2.75, 3.05) is 12.4 Å². The second kappa shape index (κ2) is 6.23. The number of alkyl halides is 1. The van der Waals surface area contributed by atoms with Gasteiger partial charge in [-0.1, -0.05) is 0 Å². The summed E-state index contributed by atoms with van der Waals surface area (Å²) in [6, 6.07) is 3.83. The molecule has 0 heterocycles. The van der Waals surface area contributed by atoms with Crippen LogP contribution >= 0.6 is 11.6 Å². The van der Waals surface area contributed by atoms with Gasteiger partial charge in [-0.05, 0) is 31.0 Å². The molecule has 0 aromatic heterocycles. The number of unbranched alkanes of at least 4 members (excludes halogenated alkanes) is 1. The number of carbonyl (C=O) groups is 1. The van der Waals surface area contributed by atoms with Crippen molar-refractivity contribution in [3.05, 3.63) is 23.8 Å². The quantitative estimate of drug-likeness (QED) is 0.420. The molecule has 0 aliphatic carbocycles.